The summed E-state index contributed by atoms with van der Waals surface area (Å²) >= 11 is 7.83. The van der Waals surface area contributed by atoms with E-state index in [1.807, 2.05) is 6.92 Å². The maximum Gasteiger partial charge on any atom is 0.294 e. The average molecular weight is 508 g/mol. The summed E-state index contributed by atoms with van der Waals surface area (Å²) in [5, 5.41) is 22.8. The van der Waals surface area contributed by atoms with E-state index < -0.39 is 28.5 Å². The number of amides is 3. The molecule has 0 aliphatic carbocycles. The number of rotatable bonds is 8. The van der Waals surface area contributed by atoms with Crippen molar-refractivity contribution < 1.29 is 24.4 Å². The van der Waals surface area contributed by atoms with Crippen LogP contribution in [0.15, 0.2) is 46.2 Å². The third-order valence-electron chi connectivity index (χ3n) is 4.46. The number of anilines is 1. The smallest absolute Gasteiger partial charge is 0.294 e. The zero-order valence-corrected chi connectivity index (χ0v) is 19.6. The van der Waals surface area contributed by atoms with Crippen molar-refractivity contribution in [1.29, 1.82) is 0 Å². The number of aliphatic hydroxyl groups is 1. The number of halogens is 1. The lowest BCUT2D eigenvalue weighted by Gasteiger charge is -2.13. The number of nitrogens with one attached hydrogen (secondary N) is 1. The molecule has 0 aromatic heterocycles. The van der Waals surface area contributed by atoms with Gasteiger partial charge in [-0.2, -0.15) is 0 Å². The predicted molar refractivity (Wildman–Crippen MR) is 128 cm³/mol. The van der Waals surface area contributed by atoms with E-state index in [1.54, 1.807) is 24.3 Å². The third kappa shape index (κ3) is 6.14. The largest absolute Gasteiger partial charge is 0.396 e. The number of imide groups is 1. The van der Waals surface area contributed by atoms with E-state index in [0.29, 0.717) is 38.7 Å². The molecule has 1 saturated heterocycles. The lowest BCUT2D eigenvalue weighted by Crippen LogP contribution is -2.36. The first kappa shape index (κ1) is 24.8. The van der Waals surface area contributed by atoms with Crippen molar-refractivity contribution in [3.63, 3.8) is 0 Å². The second-order valence-electron chi connectivity index (χ2n) is 6.84. The normalized spacial score (nSPS) is 14.8. The lowest BCUT2D eigenvalue weighted by atomic mass is 10.2. The van der Waals surface area contributed by atoms with Crippen LogP contribution in [0.5, 0.6) is 0 Å². The molecule has 3 amide bonds. The SMILES string of the molecule is Cc1ccc(NC(=O)CN2C(=O)S/C(=C\c3ccc(SCCO)c([N+](=O)[O-])c3)C2=O)cc1Cl. The first-order valence-corrected chi connectivity index (χ1v) is 11.7. The maximum atomic E-state index is 12.7. The van der Waals surface area contributed by atoms with E-state index in [1.165, 1.54) is 18.2 Å². The third-order valence-corrected chi connectivity index (χ3v) is 6.81. The summed E-state index contributed by atoms with van der Waals surface area (Å²) in [6.07, 6.45) is 1.37. The van der Waals surface area contributed by atoms with Gasteiger partial charge in [-0.25, -0.2) is 0 Å². The summed E-state index contributed by atoms with van der Waals surface area (Å²) in [6.45, 7) is 1.21. The molecule has 3 rings (SSSR count). The number of nitrogens with zero attached hydrogens (tertiary/aromatic N) is 2. The highest BCUT2D eigenvalue weighted by Crippen LogP contribution is 2.35. The molecular weight excluding hydrogens is 490 g/mol. The van der Waals surface area contributed by atoms with Crippen molar-refractivity contribution in [2.75, 3.05) is 24.2 Å². The van der Waals surface area contributed by atoms with Crippen LogP contribution in [0.25, 0.3) is 6.08 Å². The molecule has 0 spiro atoms. The standard InChI is InChI=1S/C21H18ClN3O6S2/c1-12-2-4-14(10-15(12)22)23-19(27)11-24-20(28)18(33-21(24)29)9-13-3-5-17(32-7-6-26)16(8-13)25(30)31/h2-5,8-10,26H,6-7,11H2,1H3,(H,23,27)/b18-9-. The Kier molecular flexibility index (Phi) is 8.14. The Labute approximate surface area is 202 Å². The van der Waals surface area contributed by atoms with Crippen molar-refractivity contribution >= 4 is 69.6 Å². The number of hydrogen-bond donors (Lipinski definition) is 2. The van der Waals surface area contributed by atoms with Gasteiger partial charge in [0.25, 0.3) is 16.8 Å². The molecule has 0 radical (unpaired) electrons. The number of nitro groups is 1. The number of aliphatic hydroxyl groups excluding tert-OH is 1. The second kappa shape index (κ2) is 10.8. The van der Waals surface area contributed by atoms with Gasteiger partial charge in [0.05, 0.1) is 21.3 Å². The van der Waals surface area contributed by atoms with Crippen molar-refractivity contribution in [3.05, 3.63) is 67.6 Å². The van der Waals surface area contributed by atoms with Gasteiger partial charge in [0.1, 0.15) is 6.54 Å². The summed E-state index contributed by atoms with van der Waals surface area (Å²) < 4.78 is 0. The van der Waals surface area contributed by atoms with Gasteiger partial charge in [-0.1, -0.05) is 23.7 Å². The van der Waals surface area contributed by atoms with E-state index in [9.17, 15) is 24.5 Å². The van der Waals surface area contributed by atoms with Crippen LogP contribution in [0.2, 0.25) is 5.02 Å². The summed E-state index contributed by atoms with van der Waals surface area (Å²) in [4.78, 5) is 49.4. The molecule has 12 heteroatoms. The molecule has 1 heterocycles. The lowest BCUT2D eigenvalue weighted by molar-refractivity contribution is -0.387. The van der Waals surface area contributed by atoms with Gasteiger partial charge in [-0.15, -0.1) is 11.8 Å². The van der Waals surface area contributed by atoms with Gasteiger partial charge in [0.15, 0.2) is 0 Å². The van der Waals surface area contributed by atoms with Crippen LogP contribution in [0, 0.1) is 17.0 Å². The van der Waals surface area contributed by atoms with Crippen LogP contribution in [-0.2, 0) is 9.59 Å². The summed E-state index contributed by atoms with van der Waals surface area (Å²) in [5.41, 5.74) is 1.47. The van der Waals surface area contributed by atoms with Gasteiger partial charge in [-0.3, -0.25) is 29.4 Å². The number of benzene rings is 2. The summed E-state index contributed by atoms with van der Waals surface area (Å²) in [5.74, 6) is -0.932. The maximum absolute atomic E-state index is 12.7. The Morgan fingerprint density at radius 3 is 2.73 bits per heavy atom. The highest BCUT2D eigenvalue weighted by atomic mass is 35.5. The Balaban J connectivity index is 1.73. The van der Waals surface area contributed by atoms with E-state index in [2.05, 4.69) is 5.32 Å². The Morgan fingerprint density at radius 1 is 1.30 bits per heavy atom. The van der Waals surface area contributed by atoms with Crippen LogP contribution in [0.1, 0.15) is 11.1 Å². The van der Waals surface area contributed by atoms with Gasteiger partial charge in [0.2, 0.25) is 5.91 Å². The molecular formula is C21H18ClN3O6S2. The van der Waals surface area contributed by atoms with Crippen molar-refractivity contribution in [1.82, 2.24) is 4.90 Å². The molecule has 0 unspecified atom stereocenters. The zero-order chi connectivity index (χ0) is 24.1. The van der Waals surface area contributed by atoms with E-state index in [4.69, 9.17) is 16.7 Å². The molecule has 0 bridgehead atoms. The molecule has 0 atom stereocenters. The first-order chi connectivity index (χ1) is 15.7. The van der Waals surface area contributed by atoms with Gasteiger partial charge in [0, 0.05) is 22.5 Å². The molecule has 2 aromatic carbocycles. The number of carbonyl (C=O) groups is 3. The molecule has 33 heavy (non-hydrogen) atoms. The molecule has 2 aromatic rings. The van der Waals surface area contributed by atoms with E-state index >= 15 is 0 Å². The molecule has 9 nitrogen and oxygen atoms in total. The Hall–Kier alpha value is -2.86. The fourth-order valence-electron chi connectivity index (χ4n) is 2.85. The second-order valence-corrected chi connectivity index (χ2v) is 9.37. The monoisotopic (exact) mass is 507 g/mol. The van der Waals surface area contributed by atoms with Crippen molar-refractivity contribution in [2.24, 2.45) is 0 Å². The first-order valence-electron chi connectivity index (χ1n) is 9.53. The van der Waals surface area contributed by atoms with Gasteiger partial charge < -0.3 is 10.4 Å². The van der Waals surface area contributed by atoms with Gasteiger partial charge in [-0.05, 0) is 54.1 Å². The molecule has 2 N–H and O–H groups in total. The van der Waals surface area contributed by atoms with Crippen LogP contribution in [-0.4, -0.2) is 50.9 Å². The van der Waals surface area contributed by atoms with E-state index in [-0.39, 0.29) is 17.2 Å². The summed E-state index contributed by atoms with van der Waals surface area (Å²) in [6, 6.07) is 9.35. The molecule has 1 aliphatic rings. The number of nitro benzene ring substituents is 1. The van der Waals surface area contributed by atoms with Crippen LogP contribution in [0.3, 0.4) is 0 Å². The highest BCUT2D eigenvalue weighted by molar-refractivity contribution is 8.18. The minimum absolute atomic E-state index is 0.0521. The number of aryl methyl sites for hydroxylation is 1. The van der Waals surface area contributed by atoms with Crippen molar-refractivity contribution in [3.8, 4) is 0 Å². The fraction of sp³-hybridized carbons (Fsp3) is 0.190. The topological polar surface area (TPSA) is 130 Å². The zero-order valence-electron chi connectivity index (χ0n) is 17.2. The predicted octanol–water partition coefficient (Wildman–Crippen LogP) is 4.32. The average Bonchev–Trinajstić information content (AvgIpc) is 3.02. The molecule has 1 aliphatic heterocycles. The van der Waals surface area contributed by atoms with Crippen LogP contribution >= 0.6 is 35.1 Å². The van der Waals surface area contributed by atoms with Crippen LogP contribution in [0.4, 0.5) is 16.2 Å². The molecule has 172 valence electrons. The summed E-state index contributed by atoms with van der Waals surface area (Å²) in [7, 11) is 0. The Morgan fingerprint density at radius 2 is 2.06 bits per heavy atom. The number of carbonyl (C=O) groups excluding carboxylic acids is 3. The van der Waals surface area contributed by atoms with Crippen molar-refractivity contribution in [2.45, 2.75) is 11.8 Å². The molecule has 1 fully saturated rings. The Bertz CT molecular complexity index is 1170. The number of thioether (sulfide) groups is 2. The quantitative estimate of drug-likeness (QED) is 0.234. The highest BCUT2D eigenvalue weighted by Gasteiger charge is 2.36. The number of hydrogen-bond acceptors (Lipinski definition) is 8. The minimum atomic E-state index is -0.663. The van der Waals surface area contributed by atoms with Gasteiger partial charge >= 0.3 is 0 Å². The minimum Gasteiger partial charge on any atom is -0.396 e. The van der Waals surface area contributed by atoms with E-state index in [0.717, 1.165) is 22.2 Å². The molecule has 0 saturated carbocycles. The van der Waals surface area contributed by atoms with Crippen LogP contribution < -0.4 is 5.32 Å². The fourth-order valence-corrected chi connectivity index (χ4v) is 4.62.